The molecule has 0 saturated carbocycles. The van der Waals surface area contributed by atoms with Crippen molar-refractivity contribution < 1.29 is 4.79 Å². The summed E-state index contributed by atoms with van der Waals surface area (Å²) in [5.41, 5.74) is 0. The van der Waals surface area contributed by atoms with Crippen LogP contribution in [0.25, 0.3) is 0 Å². The summed E-state index contributed by atoms with van der Waals surface area (Å²) < 4.78 is 0. The molecule has 16 heavy (non-hydrogen) atoms. The Balaban J connectivity index is 4.53. The van der Waals surface area contributed by atoms with Gasteiger partial charge in [0.2, 0.25) is 5.91 Å². The summed E-state index contributed by atoms with van der Waals surface area (Å²) in [4.78, 5) is 13.4. The SMILES string of the molecule is CCCC(CCC)C(=O)N(CC#N)CC#N. The Morgan fingerprint density at radius 3 is 1.88 bits per heavy atom. The Morgan fingerprint density at radius 2 is 1.56 bits per heavy atom. The van der Waals surface area contributed by atoms with E-state index >= 15 is 0 Å². The third-order valence-corrected chi connectivity index (χ3v) is 2.46. The number of amides is 1. The molecule has 0 aliphatic heterocycles. The van der Waals surface area contributed by atoms with Crippen molar-refractivity contribution in [1.82, 2.24) is 4.90 Å². The average Bonchev–Trinajstić information content (AvgIpc) is 2.27. The maximum atomic E-state index is 12.0. The molecule has 0 spiro atoms. The number of hydrogen-bond acceptors (Lipinski definition) is 3. The first kappa shape index (κ1) is 14.5. The fraction of sp³-hybridized carbons (Fsp3) is 0.750. The summed E-state index contributed by atoms with van der Waals surface area (Å²) >= 11 is 0. The molecule has 0 aromatic heterocycles. The van der Waals surface area contributed by atoms with Crippen LogP contribution in [-0.2, 0) is 4.79 Å². The molecule has 0 aliphatic rings. The maximum Gasteiger partial charge on any atom is 0.227 e. The topological polar surface area (TPSA) is 67.9 Å². The number of nitriles is 2. The van der Waals surface area contributed by atoms with Gasteiger partial charge in [-0.05, 0) is 12.8 Å². The highest BCUT2D eigenvalue weighted by Gasteiger charge is 2.22. The van der Waals surface area contributed by atoms with Gasteiger partial charge < -0.3 is 4.90 Å². The second-order valence-corrected chi connectivity index (χ2v) is 3.78. The summed E-state index contributed by atoms with van der Waals surface area (Å²) in [5, 5.41) is 17.2. The van der Waals surface area contributed by atoms with Crippen molar-refractivity contribution in [3.63, 3.8) is 0 Å². The molecule has 0 aromatic rings. The molecule has 0 atom stereocenters. The van der Waals surface area contributed by atoms with Gasteiger partial charge in [0.25, 0.3) is 0 Å². The fourth-order valence-electron chi connectivity index (χ4n) is 1.73. The third-order valence-electron chi connectivity index (χ3n) is 2.46. The van der Waals surface area contributed by atoms with Crippen LogP contribution in [-0.4, -0.2) is 23.9 Å². The first-order valence-corrected chi connectivity index (χ1v) is 5.73. The third kappa shape index (κ3) is 4.79. The maximum absolute atomic E-state index is 12.0. The number of nitrogens with zero attached hydrogens (tertiary/aromatic N) is 3. The zero-order valence-corrected chi connectivity index (χ0v) is 10.1. The molecule has 0 saturated heterocycles. The molecule has 0 N–H and O–H groups in total. The molecule has 0 fully saturated rings. The number of hydrogen-bond donors (Lipinski definition) is 0. The standard InChI is InChI=1S/C12H19N3O/c1-3-5-11(6-4-2)12(16)15(9-7-13)10-8-14/h11H,3-6,9-10H2,1-2H3. The van der Waals surface area contributed by atoms with E-state index in [-0.39, 0.29) is 24.9 Å². The van der Waals surface area contributed by atoms with Gasteiger partial charge in [-0.1, -0.05) is 26.7 Å². The molecular formula is C12H19N3O. The second kappa shape index (κ2) is 8.73. The predicted octanol–water partition coefficient (Wildman–Crippen LogP) is 2.08. The van der Waals surface area contributed by atoms with Crippen molar-refractivity contribution >= 4 is 5.91 Å². The van der Waals surface area contributed by atoms with E-state index in [1.54, 1.807) is 0 Å². The predicted molar refractivity (Wildman–Crippen MR) is 61.1 cm³/mol. The lowest BCUT2D eigenvalue weighted by Gasteiger charge is -2.22. The van der Waals surface area contributed by atoms with E-state index in [2.05, 4.69) is 0 Å². The van der Waals surface area contributed by atoms with Gasteiger partial charge in [0.05, 0.1) is 12.1 Å². The van der Waals surface area contributed by atoms with Crippen LogP contribution in [0.5, 0.6) is 0 Å². The zero-order valence-electron chi connectivity index (χ0n) is 10.1. The minimum Gasteiger partial charge on any atom is -0.316 e. The normalized spacial score (nSPS) is 9.56. The van der Waals surface area contributed by atoms with Gasteiger partial charge in [0, 0.05) is 5.92 Å². The Bertz CT molecular complexity index is 266. The van der Waals surface area contributed by atoms with Crippen LogP contribution < -0.4 is 0 Å². The monoisotopic (exact) mass is 221 g/mol. The van der Waals surface area contributed by atoms with Crippen molar-refractivity contribution in [2.24, 2.45) is 5.92 Å². The highest BCUT2D eigenvalue weighted by atomic mass is 16.2. The van der Waals surface area contributed by atoms with E-state index in [0.29, 0.717) is 0 Å². The van der Waals surface area contributed by atoms with Crippen molar-refractivity contribution in [3.8, 4) is 12.1 Å². The summed E-state index contributed by atoms with van der Waals surface area (Å²) in [6.07, 6.45) is 3.56. The first-order valence-electron chi connectivity index (χ1n) is 5.73. The van der Waals surface area contributed by atoms with Crippen molar-refractivity contribution in [2.45, 2.75) is 39.5 Å². The number of carbonyl (C=O) groups is 1. The van der Waals surface area contributed by atoms with E-state index in [1.807, 2.05) is 26.0 Å². The lowest BCUT2D eigenvalue weighted by Crippen LogP contribution is -2.36. The van der Waals surface area contributed by atoms with E-state index in [1.165, 1.54) is 4.90 Å². The van der Waals surface area contributed by atoms with E-state index < -0.39 is 0 Å². The van der Waals surface area contributed by atoms with Crippen molar-refractivity contribution in [1.29, 1.82) is 10.5 Å². The number of carbonyl (C=O) groups excluding carboxylic acids is 1. The van der Waals surface area contributed by atoms with Gasteiger partial charge in [-0.3, -0.25) is 4.79 Å². The lowest BCUT2D eigenvalue weighted by atomic mass is 9.96. The molecule has 0 aromatic carbocycles. The van der Waals surface area contributed by atoms with Gasteiger partial charge in [-0.25, -0.2) is 0 Å². The molecule has 4 nitrogen and oxygen atoms in total. The van der Waals surface area contributed by atoms with Crippen LogP contribution in [0.15, 0.2) is 0 Å². The summed E-state index contributed by atoms with van der Waals surface area (Å²) in [7, 11) is 0. The van der Waals surface area contributed by atoms with Crippen LogP contribution in [0.2, 0.25) is 0 Å². The molecule has 0 rings (SSSR count). The minimum atomic E-state index is -0.0493. The van der Waals surface area contributed by atoms with Gasteiger partial charge in [0.15, 0.2) is 0 Å². The van der Waals surface area contributed by atoms with Gasteiger partial charge >= 0.3 is 0 Å². The molecule has 1 amide bonds. The van der Waals surface area contributed by atoms with E-state index in [0.717, 1.165) is 25.7 Å². The molecule has 0 radical (unpaired) electrons. The Morgan fingerprint density at radius 1 is 1.12 bits per heavy atom. The van der Waals surface area contributed by atoms with Gasteiger partial charge in [-0.15, -0.1) is 0 Å². The molecule has 0 heterocycles. The first-order chi connectivity index (χ1) is 7.71. The summed E-state index contributed by atoms with van der Waals surface area (Å²) in [5.74, 6) is -0.0801. The quantitative estimate of drug-likeness (QED) is 0.618. The van der Waals surface area contributed by atoms with Crippen LogP contribution in [0, 0.1) is 28.6 Å². The molecule has 88 valence electrons. The van der Waals surface area contributed by atoms with Gasteiger partial charge in [-0.2, -0.15) is 10.5 Å². The lowest BCUT2D eigenvalue weighted by molar-refractivity contribution is -0.134. The van der Waals surface area contributed by atoms with Crippen LogP contribution >= 0.6 is 0 Å². The second-order valence-electron chi connectivity index (χ2n) is 3.78. The fourth-order valence-corrected chi connectivity index (χ4v) is 1.73. The molecule has 0 unspecified atom stereocenters. The van der Waals surface area contributed by atoms with E-state index in [4.69, 9.17) is 10.5 Å². The Kier molecular flexibility index (Phi) is 7.89. The highest BCUT2D eigenvalue weighted by molar-refractivity contribution is 5.79. The number of rotatable bonds is 7. The molecule has 0 bridgehead atoms. The van der Waals surface area contributed by atoms with Gasteiger partial charge in [0.1, 0.15) is 13.1 Å². The zero-order chi connectivity index (χ0) is 12.4. The molecule has 4 heteroatoms. The Hall–Kier alpha value is -1.55. The highest BCUT2D eigenvalue weighted by Crippen LogP contribution is 2.16. The average molecular weight is 221 g/mol. The van der Waals surface area contributed by atoms with Crippen molar-refractivity contribution in [2.75, 3.05) is 13.1 Å². The van der Waals surface area contributed by atoms with Crippen LogP contribution in [0.1, 0.15) is 39.5 Å². The molecule has 0 aliphatic carbocycles. The molecular weight excluding hydrogens is 202 g/mol. The van der Waals surface area contributed by atoms with Crippen molar-refractivity contribution in [3.05, 3.63) is 0 Å². The van der Waals surface area contributed by atoms with Crippen LogP contribution in [0.4, 0.5) is 0 Å². The minimum absolute atomic E-state index is 0.0102. The Labute approximate surface area is 97.5 Å². The smallest absolute Gasteiger partial charge is 0.227 e. The summed E-state index contributed by atoms with van der Waals surface area (Å²) in [6, 6.07) is 3.85. The van der Waals surface area contributed by atoms with E-state index in [9.17, 15) is 4.79 Å². The summed E-state index contributed by atoms with van der Waals surface area (Å²) in [6.45, 7) is 4.09. The largest absolute Gasteiger partial charge is 0.316 e. The van der Waals surface area contributed by atoms with Crippen LogP contribution in [0.3, 0.4) is 0 Å².